The molecule has 1 amide bonds. The molecule has 0 unspecified atom stereocenters. The number of aryl methyl sites for hydroxylation is 1. The van der Waals surface area contributed by atoms with Crippen molar-refractivity contribution in [2.75, 3.05) is 26.7 Å². The van der Waals surface area contributed by atoms with Crippen LogP contribution in [0.1, 0.15) is 31.4 Å². The SMILES string of the molecule is CCCNC(=O)CNC(=NCc1ccc(C)cc1OC)NCC. The third kappa shape index (κ3) is 7.04. The topological polar surface area (TPSA) is 74.8 Å². The number of hydrogen-bond acceptors (Lipinski definition) is 3. The number of benzene rings is 1. The minimum absolute atomic E-state index is 0.0367. The maximum atomic E-state index is 11.6. The first-order chi connectivity index (χ1) is 11.1. The fourth-order valence-electron chi connectivity index (χ4n) is 1.98. The van der Waals surface area contributed by atoms with Gasteiger partial charge in [0.2, 0.25) is 5.91 Å². The van der Waals surface area contributed by atoms with Gasteiger partial charge in [0.05, 0.1) is 20.2 Å². The van der Waals surface area contributed by atoms with Gasteiger partial charge in [-0.25, -0.2) is 4.99 Å². The molecule has 1 rings (SSSR count). The van der Waals surface area contributed by atoms with Crippen LogP contribution in [-0.4, -0.2) is 38.6 Å². The van der Waals surface area contributed by atoms with Gasteiger partial charge in [0, 0.05) is 18.7 Å². The van der Waals surface area contributed by atoms with E-state index in [1.165, 1.54) is 0 Å². The molecule has 3 N–H and O–H groups in total. The fourth-order valence-corrected chi connectivity index (χ4v) is 1.98. The third-order valence-electron chi connectivity index (χ3n) is 3.18. The minimum Gasteiger partial charge on any atom is -0.496 e. The Morgan fingerprint density at radius 3 is 2.65 bits per heavy atom. The van der Waals surface area contributed by atoms with Gasteiger partial charge in [0.25, 0.3) is 0 Å². The average Bonchev–Trinajstić information content (AvgIpc) is 2.56. The lowest BCUT2D eigenvalue weighted by molar-refractivity contribution is -0.120. The first-order valence-corrected chi connectivity index (χ1v) is 8.03. The molecule has 0 spiro atoms. The summed E-state index contributed by atoms with van der Waals surface area (Å²) in [7, 11) is 1.66. The number of methoxy groups -OCH3 is 1. The molecule has 0 saturated heterocycles. The zero-order chi connectivity index (χ0) is 17.1. The second kappa shape index (κ2) is 10.5. The molecule has 0 aliphatic carbocycles. The largest absolute Gasteiger partial charge is 0.496 e. The summed E-state index contributed by atoms with van der Waals surface area (Å²) in [6.07, 6.45) is 0.924. The molecule has 0 saturated carbocycles. The molecular formula is C17H28N4O2. The van der Waals surface area contributed by atoms with Crippen LogP contribution in [0, 0.1) is 6.92 Å². The summed E-state index contributed by atoms with van der Waals surface area (Å²) >= 11 is 0. The summed E-state index contributed by atoms with van der Waals surface area (Å²) in [5.41, 5.74) is 2.15. The van der Waals surface area contributed by atoms with E-state index in [4.69, 9.17) is 4.74 Å². The number of rotatable bonds is 8. The second-order valence-electron chi connectivity index (χ2n) is 5.21. The highest BCUT2D eigenvalue weighted by Gasteiger charge is 2.05. The van der Waals surface area contributed by atoms with Crippen LogP contribution in [0.25, 0.3) is 0 Å². The van der Waals surface area contributed by atoms with Crippen molar-refractivity contribution >= 4 is 11.9 Å². The molecule has 0 fully saturated rings. The Kier molecular flexibility index (Phi) is 8.57. The van der Waals surface area contributed by atoms with Crippen LogP contribution in [0.15, 0.2) is 23.2 Å². The highest BCUT2D eigenvalue weighted by Crippen LogP contribution is 2.20. The number of amides is 1. The molecule has 0 aromatic heterocycles. The second-order valence-corrected chi connectivity index (χ2v) is 5.21. The van der Waals surface area contributed by atoms with E-state index in [2.05, 4.69) is 20.9 Å². The summed E-state index contributed by atoms with van der Waals surface area (Å²) < 4.78 is 5.39. The standard InChI is InChI=1S/C17H28N4O2/c1-5-9-19-16(22)12-21-17(18-6-2)20-11-14-8-7-13(3)10-15(14)23-4/h7-8,10H,5-6,9,11-12H2,1-4H3,(H,19,22)(H2,18,20,21). The van der Waals surface area contributed by atoms with Crippen LogP contribution >= 0.6 is 0 Å². The van der Waals surface area contributed by atoms with Crippen LogP contribution in [-0.2, 0) is 11.3 Å². The highest BCUT2D eigenvalue weighted by molar-refractivity contribution is 5.86. The molecule has 1 aromatic rings. The van der Waals surface area contributed by atoms with E-state index in [1.54, 1.807) is 7.11 Å². The molecule has 6 nitrogen and oxygen atoms in total. The van der Waals surface area contributed by atoms with Crippen molar-refractivity contribution < 1.29 is 9.53 Å². The van der Waals surface area contributed by atoms with E-state index in [1.807, 2.05) is 39.0 Å². The predicted molar refractivity (Wildman–Crippen MR) is 93.9 cm³/mol. The van der Waals surface area contributed by atoms with Crippen molar-refractivity contribution in [1.82, 2.24) is 16.0 Å². The van der Waals surface area contributed by atoms with E-state index in [0.717, 1.165) is 29.8 Å². The molecule has 0 heterocycles. The Morgan fingerprint density at radius 2 is 2.00 bits per heavy atom. The zero-order valence-corrected chi connectivity index (χ0v) is 14.5. The van der Waals surface area contributed by atoms with Gasteiger partial charge < -0.3 is 20.7 Å². The number of carbonyl (C=O) groups excluding carboxylic acids is 1. The predicted octanol–water partition coefficient (Wildman–Crippen LogP) is 1.58. The summed E-state index contributed by atoms with van der Waals surface area (Å²) in [6, 6.07) is 6.03. The quantitative estimate of drug-likeness (QED) is 0.502. The molecule has 0 aliphatic rings. The van der Waals surface area contributed by atoms with Gasteiger partial charge in [-0.3, -0.25) is 4.79 Å². The summed E-state index contributed by atoms with van der Waals surface area (Å²) in [5, 5.41) is 8.99. The Labute approximate surface area is 138 Å². The Bertz CT molecular complexity index is 529. The molecule has 0 atom stereocenters. The number of ether oxygens (including phenoxy) is 1. The van der Waals surface area contributed by atoms with Crippen LogP contribution in [0.3, 0.4) is 0 Å². The van der Waals surface area contributed by atoms with E-state index in [9.17, 15) is 4.79 Å². The maximum Gasteiger partial charge on any atom is 0.239 e. The Hall–Kier alpha value is -2.24. The summed E-state index contributed by atoms with van der Waals surface area (Å²) in [5.74, 6) is 1.40. The Morgan fingerprint density at radius 1 is 1.22 bits per heavy atom. The fraction of sp³-hybridized carbons (Fsp3) is 0.529. The first kappa shape index (κ1) is 18.8. The highest BCUT2D eigenvalue weighted by atomic mass is 16.5. The van der Waals surface area contributed by atoms with Gasteiger partial charge in [0.1, 0.15) is 5.75 Å². The van der Waals surface area contributed by atoms with E-state index in [0.29, 0.717) is 19.0 Å². The number of nitrogens with zero attached hydrogens (tertiary/aromatic N) is 1. The van der Waals surface area contributed by atoms with Crippen LogP contribution < -0.4 is 20.7 Å². The van der Waals surface area contributed by atoms with Gasteiger partial charge in [-0.2, -0.15) is 0 Å². The number of guanidine groups is 1. The maximum absolute atomic E-state index is 11.6. The lowest BCUT2D eigenvalue weighted by Crippen LogP contribution is -2.43. The third-order valence-corrected chi connectivity index (χ3v) is 3.18. The van der Waals surface area contributed by atoms with E-state index >= 15 is 0 Å². The number of nitrogens with one attached hydrogen (secondary N) is 3. The van der Waals surface area contributed by atoms with E-state index < -0.39 is 0 Å². The van der Waals surface area contributed by atoms with Crippen molar-refractivity contribution in [2.45, 2.75) is 33.7 Å². The van der Waals surface area contributed by atoms with Crippen molar-refractivity contribution in [3.63, 3.8) is 0 Å². The van der Waals surface area contributed by atoms with Crippen molar-refractivity contribution in [3.05, 3.63) is 29.3 Å². The smallest absolute Gasteiger partial charge is 0.239 e. The molecule has 1 aromatic carbocycles. The summed E-state index contributed by atoms with van der Waals surface area (Å²) in [6.45, 7) is 8.14. The lowest BCUT2D eigenvalue weighted by atomic mass is 10.1. The molecule has 0 radical (unpaired) electrons. The number of aliphatic imine (C=N–C) groups is 1. The van der Waals surface area contributed by atoms with Crippen LogP contribution in [0.2, 0.25) is 0 Å². The monoisotopic (exact) mass is 320 g/mol. The normalized spacial score (nSPS) is 11.0. The number of hydrogen-bond donors (Lipinski definition) is 3. The number of carbonyl (C=O) groups is 1. The van der Waals surface area contributed by atoms with Crippen LogP contribution in [0.5, 0.6) is 5.75 Å². The molecule has 6 heteroatoms. The summed E-state index contributed by atoms with van der Waals surface area (Å²) in [4.78, 5) is 16.2. The van der Waals surface area contributed by atoms with E-state index in [-0.39, 0.29) is 12.5 Å². The lowest BCUT2D eigenvalue weighted by Gasteiger charge is -2.12. The first-order valence-electron chi connectivity index (χ1n) is 8.03. The van der Waals surface area contributed by atoms with Gasteiger partial charge >= 0.3 is 0 Å². The Balaban J connectivity index is 2.66. The molecule has 23 heavy (non-hydrogen) atoms. The van der Waals surface area contributed by atoms with Crippen molar-refractivity contribution in [3.8, 4) is 5.75 Å². The van der Waals surface area contributed by atoms with Crippen LogP contribution in [0.4, 0.5) is 0 Å². The minimum atomic E-state index is -0.0367. The van der Waals surface area contributed by atoms with Gasteiger partial charge in [0.15, 0.2) is 5.96 Å². The molecular weight excluding hydrogens is 292 g/mol. The van der Waals surface area contributed by atoms with Crippen molar-refractivity contribution in [1.29, 1.82) is 0 Å². The molecule has 0 bridgehead atoms. The van der Waals surface area contributed by atoms with Gasteiger partial charge in [-0.1, -0.05) is 19.1 Å². The zero-order valence-electron chi connectivity index (χ0n) is 14.5. The van der Waals surface area contributed by atoms with Gasteiger partial charge in [-0.15, -0.1) is 0 Å². The molecule has 128 valence electrons. The average molecular weight is 320 g/mol. The van der Waals surface area contributed by atoms with Gasteiger partial charge in [-0.05, 0) is 31.9 Å². The molecule has 0 aliphatic heterocycles. The van der Waals surface area contributed by atoms with Crippen molar-refractivity contribution in [2.24, 2.45) is 4.99 Å².